The Kier molecular flexibility index (Phi) is 10.9. The summed E-state index contributed by atoms with van der Waals surface area (Å²) < 4.78 is 59.4. The molecule has 0 unspecified atom stereocenters. The van der Waals surface area contributed by atoms with Crippen molar-refractivity contribution in [2.24, 2.45) is 0 Å². The van der Waals surface area contributed by atoms with Crippen molar-refractivity contribution in [2.45, 2.75) is 52.5 Å². The third-order valence-electron chi connectivity index (χ3n) is 6.79. The molecule has 0 saturated heterocycles. The van der Waals surface area contributed by atoms with Crippen LogP contribution in [0.15, 0.2) is 103 Å². The molecule has 0 atom stereocenters. The van der Waals surface area contributed by atoms with Crippen molar-refractivity contribution in [3.05, 3.63) is 131 Å². The number of hydrogen-bond donors (Lipinski definition) is 1. The third kappa shape index (κ3) is 9.63. The van der Waals surface area contributed by atoms with Crippen LogP contribution in [-0.2, 0) is 17.5 Å². The van der Waals surface area contributed by atoms with Gasteiger partial charge in [0.05, 0.1) is 12.1 Å². The number of amides is 1. The number of allylic oxidation sites excluding steroid dienone is 1. The summed E-state index contributed by atoms with van der Waals surface area (Å²) in [5.74, 6) is 1.21. The lowest BCUT2D eigenvalue weighted by atomic mass is 9.86. The van der Waals surface area contributed by atoms with E-state index < -0.39 is 23.4 Å². The second-order valence-corrected chi connectivity index (χ2v) is 11.4. The van der Waals surface area contributed by atoms with Gasteiger partial charge in [0.15, 0.2) is 0 Å². The molecule has 0 aliphatic carbocycles. The summed E-state index contributed by atoms with van der Waals surface area (Å²) in [6, 6.07) is 30.1. The molecule has 45 heavy (non-hydrogen) atoms. The molecular formula is C37H38F3NO4. The second-order valence-electron chi connectivity index (χ2n) is 11.4. The van der Waals surface area contributed by atoms with Crippen molar-refractivity contribution in [2.75, 3.05) is 13.2 Å². The fraction of sp³-hybridized carbons (Fsp3) is 0.270. The molecule has 0 bridgehead atoms. The number of carbonyl (C=O) groups excluding carboxylic acids is 1. The van der Waals surface area contributed by atoms with Crippen molar-refractivity contribution in [3.63, 3.8) is 0 Å². The largest absolute Gasteiger partial charge is 0.492 e. The lowest BCUT2D eigenvalue weighted by Gasteiger charge is -2.20. The van der Waals surface area contributed by atoms with Crippen LogP contribution < -0.4 is 14.8 Å². The standard InChI is InChI=1S/C37H38F3NO4/c1-5-31(32-13-9-10-14-33(32)37(38,39)40)34(28-17-21-30(22-18-28)44-25-26-11-7-6-8-12-26)27-15-19-29(20-16-27)43-24-23-41-35(42)45-36(2,3)4/h6-22H,5,23-25H2,1-4H3,(H,41,42)/b34-31+. The summed E-state index contributed by atoms with van der Waals surface area (Å²) in [5.41, 5.74) is 2.63. The highest BCUT2D eigenvalue weighted by molar-refractivity contribution is 5.99. The summed E-state index contributed by atoms with van der Waals surface area (Å²) in [5, 5.41) is 2.65. The van der Waals surface area contributed by atoms with Gasteiger partial charge in [-0.15, -0.1) is 0 Å². The Hall–Kier alpha value is -4.72. The van der Waals surface area contributed by atoms with Gasteiger partial charge in [-0.25, -0.2) is 4.79 Å². The van der Waals surface area contributed by atoms with Crippen LogP contribution in [0, 0.1) is 0 Å². The van der Waals surface area contributed by atoms with Gasteiger partial charge in [-0.05, 0) is 90.9 Å². The normalized spacial score (nSPS) is 12.2. The first-order chi connectivity index (χ1) is 21.4. The molecule has 4 aromatic rings. The van der Waals surface area contributed by atoms with E-state index in [2.05, 4.69) is 5.32 Å². The highest BCUT2D eigenvalue weighted by Crippen LogP contribution is 2.41. The van der Waals surface area contributed by atoms with E-state index in [1.165, 1.54) is 12.1 Å². The SMILES string of the molecule is CC/C(=C(/c1ccc(OCCNC(=O)OC(C)(C)C)cc1)c1ccc(OCc2ccccc2)cc1)c1ccccc1C(F)(F)F. The fourth-order valence-electron chi connectivity index (χ4n) is 4.82. The van der Waals surface area contributed by atoms with Crippen molar-refractivity contribution in [1.82, 2.24) is 5.32 Å². The molecular weight excluding hydrogens is 579 g/mol. The average Bonchev–Trinajstić information content (AvgIpc) is 3.01. The number of hydrogen-bond acceptors (Lipinski definition) is 4. The molecule has 4 rings (SSSR count). The summed E-state index contributed by atoms with van der Waals surface area (Å²) in [4.78, 5) is 11.9. The van der Waals surface area contributed by atoms with E-state index in [1.807, 2.05) is 73.7 Å². The minimum Gasteiger partial charge on any atom is -0.492 e. The summed E-state index contributed by atoms with van der Waals surface area (Å²) >= 11 is 0. The van der Waals surface area contributed by atoms with E-state index in [0.29, 0.717) is 35.7 Å². The van der Waals surface area contributed by atoms with Gasteiger partial charge >= 0.3 is 12.3 Å². The van der Waals surface area contributed by atoms with Gasteiger partial charge in [0.25, 0.3) is 0 Å². The van der Waals surface area contributed by atoms with Crippen molar-refractivity contribution >= 4 is 17.2 Å². The highest BCUT2D eigenvalue weighted by atomic mass is 19.4. The molecule has 1 N–H and O–H groups in total. The monoisotopic (exact) mass is 617 g/mol. The Balaban J connectivity index is 1.62. The van der Waals surface area contributed by atoms with Crippen LogP contribution in [0.5, 0.6) is 11.5 Å². The molecule has 0 aliphatic heterocycles. The Morgan fingerprint density at radius 3 is 1.84 bits per heavy atom. The zero-order chi connectivity index (χ0) is 32.5. The molecule has 4 aromatic carbocycles. The maximum atomic E-state index is 14.1. The van der Waals surface area contributed by atoms with Gasteiger partial charge < -0.3 is 19.5 Å². The minimum absolute atomic E-state index is 0.139. The van der Waals surface area contributed by atoms with Crippen LogP contribution in [0.4, 0.5) is 18.0 Å². The predicted octanol–water partition coefficient (Wildman–Crippen LogP) is 9.56. The molecule has 0 saturated carbocycles. The molecule has 8 heteroatoms. The third-order valence-corrected chi connectivity index (χ3v) is 6.79. The molecule has 0 fully saturated rings. The summed E-state index contributed by atoms with van der Waals surface area (Å²) in [6.45, 7) is 8.07. The van der Waals surface area contributed by atoms with Crippen LogP contribution >= 0.6 is 0 Å². The van der Waals surface area contributed by atoms with Gasteiger partial charge in [0.2, 0.25) is 0 Å². The maximum absolute atomic E-state index is 14.1. The Bertz CT molecular complexity index is 1570. The number of carbonyl (C=O) groups is 1. The number of alkyl carbamates (subject to hydrolysis) is 1. The van der Waals surface area contributed by atoms with Crippen LogP contribution in [0.25, 0.3) is 11.1 Å². The molecule has 0 aliphatic rings. The number of nitrogens with one attached hydrogen (secondary N) is 1. The highest BCUT2D eigenvalue weighted by Gasteiger charge is 2.34. The van der Waals surface area contributed by atoms with Crippen molar-refractivity contribution in [3.8, 4) is 11.5 Å². The van der Waals surface area contributed by atoms with E-state index in [1.54, 1.807) is 39.0 Å². The lowest BCUT2D eigenvalue weighted by molar-refractivity contribution is -0.137. The van der Waals surface area contributed by atoms with E-state index in [0.717, 1.165) is 22.8 Å². The van der Waals surface area contributed by atoms with E-state index in [-0.39, 0.29) is 18.7 Å². The first kappa shape index (κ1) is 33.2. The van der Waals surface area contributed by atoms with Gasteiger partial charge in [-0.2, -0.15) is 13.2 Å². The fourth-order valence-corrected chi connectivity index (χ4v) is 4.82. The molecule has 0 radical (unpaired) electrons. The summed E-state index contributed by atoms with van der Waals surface area (Å²) in [6.07, 6.45) is -4.68. The Morgan fingerprint density at radius 2 is 1.29 bits per heavy atom. The Morgan fingerprint density at radius 1 is 0.733 bits per heavy atom. The maximum Gasteiger partial charge on any atom is 0.416 e. The van der Waals surface area contributed by atoms with Crippen LogP contribution in [0.2, 0.25) is 0 Å². The Labute approximate surface area is 262 Å². The van der Waals surface area contributed by atoms with E-state index in [9.17, 15) is 18.0 Å². The molecule has 236 valence electrons. The average molecular weight is 618 g/mol. The lowest BCUT2D eigenvalue weighted by Crippen LogP contribution is -2.34. The predicted molar refractivity (Wildman–Crippen MR) is 171 cm³/mol. The molecule has 1 amide bonds. The number of rotatable bonds is 11. The van der Waals surface area contributed by atoms with Gasteiger partial charge in [0, 0.05) is 0 Å². The van der Waals surface area contributed by atoms with E-state index in [4.69, 9.17) is 14.2 Å². The van der Waals surface area contributed by atoms with Crippen LogP contribution in [-0.4, -0.2) is 24.8 Å². The minimum atomic E-state index is -4.51. The zero-order valence-electron chi connectivity index (χ0n) is 25.9. The topological polar surface area (TPSA) is 56.8 Å². The number of alkyl halides is 3. The van der Waals surface area contributed by atoms with Crippen molar-refractivity contribution in [1.29, 1.82) is 0 Å². The number of benzene rings is 4. The smallest absolute Gasteiger partial charge is 0.416 e. The van der Waals surface area contributed by atoms with Crippen molar-refractivity contribution < 1.29 is 32.2 Å². The molecule has 0 heterocycles. The van der Waals surface area contributed by atoms with Gasteiger partial charge in [-0.1, -0.05) is 79.7 Å². The first-order valence-corrected chi connectivity index (χ1v) is 14.8. The van der Waals surface area contributed by atoms with E-state index >= 15 is 0 Å². The number of halogens is 3. The van der Waals surface area contributed by atoms with Gasteiger partial charge in [0.1, 0.15) is 30.3 Å². The first-order valence-electron chi connectivity index (χ1n) is 14.8. The molecule has 5 nitrogen and oxygen atoms in total. The van der Waals surface area contributed by atoms with Gasteiger partial charge in [-0.3, -0.25) is 0 Å². The zero-order valence-corrected chi connectivity index (χ0v) is 25.9. The number of ether oxygens (including phenoxy) is 3. The molecule has 0 aromatic heterocycles. The summed E-state index contributed by atoms with van der Waals surface area (Å²) in [7, 11) is 0. The van der Waals surface area contributed by atoms with Crippen LogP contribution in [0.1, 0.15) is 61.9 Å². The molecule has 0 spiro atoms. The second kappa shape index (κ2) is 14.8. The quantitative estimate of drug-likeness (QED) is 0.135. The van der Waals surface area contributed by atoms with Crippen LogP contribution in [0.3, 0.4) is 0 Å².